The van der Waals surface area contributed by atoms with E-state index in [1.807, 2.05) is 36.4 Å². The SMILES string of the molecule is CC[C@H](NC(=O)OCC1c2ccccc2-c2ccccc21)C(=O)NCCOCC(=O)O. The molecule has 0 heterocycles. The van der Waals surface area contributed by atoms with Crippen molar-refractivity contribution < 1.29 is 29.0 Å². The van der Waals surface area contributed by atoms with Crippen LogP contribution in [0.25, 0.3) is 11.1 Å². The molecule has 0 fully saturated rings. The Morgan fingerprint density at radius 3 is 2.23 bits per heavy atom. The highest BCUT2D eigenvalue weighted by molar-refractivity contribution is 5.85. The first kappa shape index (κ1) is 22.3. The van der Waals surface area contributed by atoms with Crippen LogP contribution in [0.2, 0.25) is 0 Å². The fourth-order valence-electron chi connectivity index (χ4n) is 3.66. The number of carboxylic acid groups (broad SMARTS) is 1. The zero-order valence-corrected chi connectivity index (χ0v) is 17.3. The minimum Gasteiger partial charge on any atom is -0.480 e. The monoisotopic (exact) mass is 426 g/mol. The quantitative estimate of drug-likeness (QED) is 0.503. The van der Waals surface area contributed by atoms with Gasteiger partial charge in [0, 0.05) is 12.5 Å². The van der Waals surface area contributed by atoms with Gasteiger partial charge in [-0.05, 0) is 28.7 Å². The third-order valence-electron chi connectivity index (χ3n) is 5.13. The summed E-state index contributed by atoms with van der Waals surface area (Å²) >= 11 is 0. The normalized spacial score (nSPS) is 13.1. The molecule has 0 aliphatic heterocycles. The number of carbonyl (C=O) groups is 3. The Balaban J connectivity index is 1.51. The van der Waals surface area contributed by atoms with Gasteiger partial charge >= 0.3 is 12.1 Å². The van der Waals surface area contributed by atoms with Crippen LogP contribution >= 0.6 is 0 Å². The highest BCUT2D eigenvalue weighted by Crippen LogP contribution is 2.44. The topological polar surface area (TPSA) is 114 Å². The predicted molar refractivity (Wildman–Crippen MR) is 114 cm³/mol. The van der Waals surface area contributed by atoms with E-state index in [9.17, 15) is 14.4 Å². The van der Waals surface area contributed by atoms with Crippen LogP contribution < -0.4 is 10.6 Å². The van der Waals surface area contributed by atoms with Gasteiger partial charge < -0.3 is 25.2 Å². The lowest BCUT2D eigenvalue weighted by molar-refractivity contribution is -0.142. The first-order valence-corrected chi connectivity index (χ1v) is 10.2. The average molecular weight is 426 g/mol. The highest BCUT2D eigenvalue weighted by atomic mass is 16.5. The van der Waals surface area contributed by atoms with E-state index < -0.39 is 24.7 Å². The molecule has 8 heteroatoms. The van der Waals surface area contributed by atoms with Gasteiger partial charge in [0.2, 0.25) is 5.91 Å². The molecule has 0 unspecified atom stereocenters. The smallest absolute Gasteiger partial charge is 0.407 e. The van der Waals surface area contributed by atoms with E-state index in [2.05, 4.69) is 22.8 Å². The van der Waals surface area contributed by atoms with E-state index in [0.717, 1.165) is 22.3 Å². The summed E-state index contributed by atoms with van der Waals surface area (Å²) < 4.78 is 10.3. The second kappa shape index (κ2) is 10.6. The zero-order chi connectivity index (χ0) is 22.2. The van der Waals surface area contributed by atoms with Crippen molar-refractivity contribution in [1.82, 2.24) is 10.6 Å². The Hall–Kier alpha value is -3.39. The van der Waals surface area contributed by atoms with Crippen LogP contribution in [0.4, 0.5) is 4.79 Å². The fraction of sp³-hybridized carbons (Fsp3) is 0.348. The lowest BCUT2D eigenvalue weighted by Gasteiger charge is -2.18. The Morgan fingerprint density at radius 2 is 1.65 bits per heavy atom. The van der Waals surface area contributed by atoms with Crippen molar-refractivity contribution in [3.05, 3.63) is 59.7 Å². The molecule has 3 rings (SSSR count). The van der Waals surface area contributed by atoms with Crippen LogP contribution in [-0.2, 0) is 19.1 Å². The standard InChI is InChI=1S/C23H26N2O6/c1-2-20(22(28)24-11-12-30-14-21(26)27)25-23(29)31-13-19-17-9-5-3-7-15(17)16-8-4-6-10-18(16)19/h3-10,19-20H,2,11-14H2,1H3,(H,24,28)(H,25,29)(H,26,27)/t20-/m0/s1. The summed E-state index contributed by atoms with van der Waals surface area (Å²) in [6, 6.07) is 15.4. The molecule has 1 aliphatic carbocycles. The van der Waals surface area contributed by atoms with Crippen molar-refractivity contribution in [2.45, 2.75) is 25.3 Å². The summed E-state index contributed by atoms with van der Waals surface area (Å²) in [6.07, 6.45) is -0.280. The largest absolute Gasteiger partial charge is 0.480 e. The first-order valence-electron chi connectivity index (χ1n) is 10.2. The molecule has 0 aromatic heterocycles. The molecule has 0 saturated heterocycles. The summed E-state index contributed by atoms with van der Waals surface area (Å²) in [6.45, 7) is 1.73. The van der Waals surface area contributed by atoms with Gasteiger partial charge in [-0.3, -0.25) is 4.79 Å². The molecule has 2 aromatic carbocycles. The van der Waals surface area contributed by atoms with Crippen molar-refractivity contribution in [3.8, 4) is 11.1 Å². The number of hydrogen-bond donors (Lipinski definition) is 3. The third kappa shape index (κ3) is 5.61. The molecule has 0 spiro atoms. The molecule has 2 amide bonds. The summed E-state index contributed by atoms with van der Waals surface area (Å²) in [7, 11) is 0. The summed E-state index contributed by atoms with van der Waals surface area (Å²) in [4.78, 5) is 35.0. The van der Waals surface area contributed by atoms with Crippen molar-refractivity contribution in [2.75, 3.05) is 26.4 Å². The summed E-state index contributed by atoms with van der Waals surface area (Å²) in [5.41, 5.74) is 4.51. The molecule has 1 atom stereocenters. The van der Waals surface area contributed by atoms with Gasteiger partial charge in [-0.2, -0.15) is 0 Å². The van der Waals surface area contributed by atoms with Crippen molar-refractivity contribution >= 4 is 18.0 Å². The van der Waals surface area contributed by atoms with E-state index in [1.165, 1.54) is 0 Å². The molecule has 0 bridgehead atoms. The van der Waals surface area contributed by atoms with Crippen LogP contribution in [0, 0.1) is 0 Å². The highest BCUT2D eigenvalue weighted by Gasteiger charge is 2.29. The maximum Gasteiger partial charge on any atom is 0.407 e. The number of hydrogen-bond acceptors (Lipinski definition) is 5. The molecule has 8 nitrogen and oxygen atoms in total. The minimum absolute atomic E-state index is 0.0570. The Labute approximate surface area is 180 Å². The number of carbonyl (C=O) groups excluding carboxylic acids is 2. The average Bonchev–Trinajstić information content (AvgIpc) is 3.09. The molecular formula is C23H26N2O6. The number of fused-ring (bicyclic) bond motifs is 3. The third-order valence-corrected chi connectivity index (χ3v) is 5.13. The molecule has 1 aliphatic rings. The maximum atomic E-state index is 12.3. The zero-order valence-electron chi connectivity index (χ0n) is 17.3. The van der Waals surface area contributed by atoms with E-state index in [4.69, 9.17) is 14.6 Å². The number of amides is 2. The molecule has 31 heavy (non-hydrogen) atoms. The van der Waals surface area contributed by atoms with Gasteiger partial charge in [0.25, 0.3) is 0 Å². The van der Waals surface area contributed by atoms with E-state index in [1.54, 1.807) is 6.92 Å². The maximum absolute atomic E-state index is 12.3. The minimum atomic E-state index is -1.07. The van der Waals surface area contributed by atoms with Gasteiger partial charge in [0.1, 0.15) is 19.3 Å². The van der Waals surface area contributed by atoms with E-state index in [-0.39, 0.29) is 31.6 Å². The van der Waals surface area contributed by atoms with Gasteiger partial charge in [0.15, 0.2) is 0 Å². The Kier molecular flexibility index (Phi) is 7.61. The molecular weight excluding hydrogens is 400 g/mol. The van der Waals surface area contributed by atoms with Crippen LogP contribution in [0.1, 0.15) is 30.4 Å². The second-order valence-electron chi connectivity index (χ2n) is 7.17. The van der Waals surface area contributed by atoms with Crippen LogP contribution in [0.3, 0.4) is 0 Å². The van der Waals surface area contributed by atoms with Crippen molar-refractivity contribution in [2.24, 2.45) is 0 Å². The Morgan fingerprint density at radius 1 is 1.03 bits per heavy atom. The number of carboxylic acids is 1. The van der Waals surface area contributed by atoms with E-state index in [0.29, 0.717) is 6.42 Å². The molecule has 0 saturated carbocycles. The van der Waals surface area contributed by atoms with Gasteiger partial charge in [-0.15, -0.1) is 0 Å². The Bertz CT molecular complexity index is 900. The molecule has 0 radical (unpaired) electrons. The van der Waals surface area contributed by atoms with Gasteiger partial charge in [-0.25, -0.2) is 9.59 Å². The predicted octanol–water partition coefficient (Wildman–Crippen LogP) is 2.52. The number of ether oxygens (including phenoxy) is 2. The lowest BCUT2D eigenvalue weighted by atomic mass is 9.98. The number of rotatable bonds is 10. The number of aliphatic carboxylic acids is 1. The summed E-state index contributed by atoms with van der Waals surface area (Å²) in [5, 5.41) is 13.7. The van der Waals surface area contributed by atoms with Crippen LogP contribution in [0.5, 0.6) is 0 Å². The van der Waals surface area contributed by atoms with E-state index >= 15 is 0 Å². The lowest BCUT2D eigenvalue weighted by Crippen LogP contribution is -2.47. The van der Waals surface area contributed by atoms with Crippen LogP contribution in [0.15, 0.2) is 48.5 Å². The van der Waals surface area contributed by atoms with Gasteiger partial charge in [0.05, 0.1) is 6.61 Å². The summed E-state index contributed by atoms with van der Waals surface area (Å²) in [5.74, 6) is -1.51. The van der Waals surface area contributed by atoms with Gasteiger partial charge in [-0.1, -0.05) is 55.5 Å². The molecule has 2 aromatic rings. The van der Waals surface area contributed by atoms with Crippen molar-refractivity contribution in [1.29, 1.82) is 0 Å². The first-order chi connectivity index (χ1) is 15.0. The number of nitrogens with one attached hydrogen (secondary N) is 2. The van der Waals surface area contributed by atoms with Crippen molar-refractivity contribution in [3.63, 3.8) is 0 Å². The number of benzene rings is 2. The second-order valence-corrected chi connectivity index (χ2v) is 7.17. The molecule has 164 valence electrons. The fourth-order valence-corrected chi connectivity index (χ4v) is 3.66. The number of alkyl carbamates (subject to hydrolysis) is 1. The van der Waals surface area contributed by atoms with Crippen LogP contribution in [-0.4, -0.2) is 55.5 Å². The molecule has 3 N–H and O–H groups in total.